The lowest BCUT2D eigenvalue weighted by Crippen LogP contribution is -2.53. The van der Waals surface area contributed by atoms with Gasteiger partial charge in [0.25, 0.3) is 0 Å². The van der Waals surface area contributed by atoms with Crippen LogP contribution in [0.5, 0.6) is 0 Å². The fraction of sp³-hybridized carbons (Fsp3) is 0.636. The number of primary amides is 1. The van der Waals surface area contributed by atoms with E-state index < -0.39 is 23.9 Å². The minimum absolute atomic E-state index is 0.0700. The minimum Gasteiger partial charge on any atom is -0.480 e. The number of hydrogen-bond donors (Lipinski definition) is 5. The molecule has 1 aliphatic rings. The van der Waals surface area contributed by atoms with Crippen molar-refractivity contribution in [3.05, 3.63) is 0 Å². The van der Waals surface area contributed by atoms with Crippen molar-refractivity contribution < 1.29 is 24.3 Å². The molecule has 0 aromatic heterocycles. The molecule has 9 heteroatoms. The topological polar surface area (TPSA) is 151 Å². The third-order valence-electron chi connectivity index (χ3n) is 2.88. The summed E-state index contributed by atoms with van der Waals surface area (Å²) in [6.07, 6.45) is 0.615. The van der Waals surface area contributed by atoms with Crippen molar-refractivity contribution in [1.29, 1.82) is 0 Å². The zero-order chi connectivity index (χ0) is 15.1. The largest absolute Gasteiger partial charge is 0.480 e. The zero-order valence-electron chi connectivity index (χ0n) is 10.8. The van der Waals surface area contributed by atoms with E-state index in [-0.39, 0.29) is 24.8 Å². The molecule has 2 unspecified atom stereocenters. The van der Waals surface area contributed by atoms with Gasteiger partial charge in [-0.25, -0.2) is 9.59 Å². The molecule has 2 atom stereocenters. The molecule has 20 heavy (non-hydrogen) atoms. The van der Waals surface area contributed by atoms with Crippen LogP contribution >= 0.6 is 0 Å². The van der Waals surface area contributed by atoms with E-state index in [4.69, 9.17) is 10.8 Å². The van der Waals surface area contributed by atoms with Crippen molar-refractivity contribution in [3.63, 3.8) is 0 Å². The summed E-state index contributed by atoms with van der Waals surface area (Å²) in [5.74, 6) is -1.94. The van der Waals surface area contributed by atoms with E-state index in [1.54, 1.807) is 0 Å². The SMILES string of the molecule is NC(=O)CCC(NC(=O)NC1CCC(=O)NC1)C(=O)O. The molecule has 1 heterocycles. The Bertz CT molecular complexity index is 402. The quantitative estimate of drug-likeness (QED) is 0.393. The van der Waals surface area contributed by atoms with Gasteiger partial charge in [-0.1, -0.05) is 0 Å². The molecule has 4 amide bonds. The minimum atomic E-state index is -1.24. The maximum Gasteiger partial charge on any atom is 0.326 e. The molecule has 0 radical (unpaired) electrons. The van der Waals surface area contributed by atoms with E-state index in [0.717, 1.165) is 0 Å². The van der Waals surface area contributed by atoms with Gasteiger partial charge in [0.1, 0.15) is 6.04 Å². The Morgan fingerprint density at radius 3 is 2.65 bits per heavy atom. The van der Waals surface area contributed by atoms with Crippen LogP contribution in [-0.2, 0) is 14.4 Å². The molecule has 1 aliphatic heterocycles. The second-order valence-electron chi connectivity index (χ2n) is 4.55. The highest BCUT2D eigenvalue weighted by atomic mass is 16.4. The number of aliphatic carboxylic acids is 1. The molecule has 0 bridgehead atoms. The van der Waals surface area contributed by atoms with Crippen LogP contribution in [0.2, 0.25) is 0 Å². The van der Waals surface area contributed by atoms with Crippen molar-refractivity contribution >= 4 is 23.8 Å². The number of carbonyl (C=O) groups excluding carboxylic acids is 3. The number of hydrogen-bond acceptors (Lipinski definition) is 4. The lowest BCUT2D eigenvalue weighted by molar-refractivity contribution is -0.139. The molecule has 112 valence electrons. The Morgan fingerprint density at radius 2 is 2.15 bits per heavy atom. The molecule has 0 spiro atoms. The summed E-state index contributed by atoms with van der Waals surface area (Å²) in [5, 5.41) is 16.3. The summed E-state index contributed by atoms with van der Waals surface area (Å²) in [5.41, 5.74) is 4.93. The van der Waals surface area contributed by atoms with Gasteiger partial charge in [-0.3, -0.25) is 9.59 Å². The number of urea groups is 1. The monoisotopic (exact) mass is 286 g/mol. The summed E-state index contributed by atoms with van der Waals surface area (Å²) < 4.78 is 0. The van der Waals surface area contributed by atoms with Crippen molar-refractivity contribution in [2.45, 2.75) is 37.8 Å². The summed E-state index contributed by atoms with van der Waals surface area (Å²) in [7, 11) is 0. The molecular weight excluding hydrogens is 268 g/mol. The molecular formula is C11H18N4O5. The Morgan fingerprint density at radius 1 is 1.45 bits per heavy atom. The smallest absolute Gasteiger partial charge is 0.326 e. The Balaban J connectivity index is 2.39. The molecule has 6 N–H and O–H groups in total. The molecule has 1 rings (SSSR count). The number of amides is 4. The Kier molecular flexibility index (Phi) is 5.75. The summed E-state index contributed by atoms with van der Waals surface area (Å²) in [4.78, 5) is 44.1. The molecule has 0 aliphatic carbocycles. The first-order valence-corrected chi connectivity index (χ1v) is 6.23. The van der Waals surface area contributed by atoms with Gasteiger partial charge in [-0.05, 0) is 12.8 Å². The van der Waals surface area contributed by atoms with Crippen molar-refractivity contribution in [1.82, 2.24) is 16.0 Å². The number of piperidine rings is 1. The first kappa shape index (κ1) is 15.7. The van der Waals surface area contributed by atoms with Gasteiger partial charge in [0.2, 0.25) is 11.8 Å². The van der Waals surface area contributed by atoms with Crippen LogP contribution in [0.1, 0.15) is 25.7 Å². The van der Waals surface area contributed by atoms with Crippen molar-refractivity contribution in [3.8, 4) is 0 Å². The van der Waals surface area contributed by atoms with Crippen molar-refractivity contribution in [2.75, 3.05) is 6.54 Å². The van der Waals surface area contributed by atoms with Crippen LogP contribution in [0.4, 0.5) is 4.79 Å². The van der Waals surface area contributed by atoms with Crippen LogP contribution in [0.15, 0.2) is 0 Å². The number of nitrogens with one attached hydrogen (secondary N) is 3. The molecule has 0 aromatic rings. The van der Waals surface area contributed by atoms with Crippen LogP contribution in [0.25, 0.3) is 0 Å². The third-order valence-corrected chi connectivity index (χ3v) is 2.88. The predicted molar refractivity (Wildman–Crippen MR) is 67.6 cm³/mol. The lowest BCUT2D eigenvalue weighted by atomic mass is 10.1. The van der Waals surface area contributed by atoms with E-state index in [9.17, 15) is 19.2 Å². The van der Waals surface area contributed by atoms with Gasteiger partial charge >= 0.3 is 12.0 Å². The van der Waals surface area contributed by atoms with Crippen LogP contribution < -0.4 is 21.7 Å². The maximum atomic E-state index is 11.6. The molecule has 0 saturated carbocycles. The predicted octanol–water partition coefficient (Wildman–Crippen LogP) is -1.72. The molecule has 9 nitrogen and oxygen atoms in total. The number of nitrogens with two attached hydrogens (primary N) is 1. The maximum absolute atomic E-state index is 11.6. The van der Waals surface area contributed by atoms with Crippen LogP contribution in [-0.4, -0.2) is 47.5 Å². The fourth-order valence-corrected chi connectivity index (χ4v) is 1.79. The lowest BCUT2D eigenvalue weighted by Gasteiger charge is -2.24. The first-order chi connectivity index (χ1) is 9.38. The number of carboxylic acid groups (broad SMARTS) is 1. The number of carbonyl (C=O) groups is 4. The average molecular weight is 286 g/mol. The van der Waals surface area contributed by atoms with Gasteiger partial charge in [0.05, 0.1) is 0 Å². The van der Waals surface area contributed by atoms with E-state index in [2.05, 4.69) is 16.0 Å². The molecule has 1 saturated heterocycles. The second kappa shape index (κ2) is 7.31. The highest BCUT2D eigenvalue weighted by molar-refractivity contribution is 5.84. The van der Waals surface area contributed by atoms with Gasteiger partial charge in [0, 0.05) is 25.4 Å². The third kappa shape index (κ3) is 5.55. The highest BCUT2D eigenvalue weighted by Crippen LogP contribution is 2.03. The highest BCUT2D eigenvalue weighted by Gasteiger charge is 2.23. The van der Waals surface area contributed by atoms with Gasteiger partial charge in [0.15, 0.2) is 0 Å². The average Bonchev–Trinajstić information content (AvgIpc) is 2.36. The second-order valence-corrected chi connectivity index (χ2v) is 4.55. The van der Waals surface area contributed by atoms with Crippen LogP contribution in [0.3, 0.4) is 0 Å². The van der Waals surface area contributed by atoms with E-state index in [1.165, 1.54) is 0 Å². The Labute approximate surface area is 115 Å². The fourth-order valence-electron chi connectivity index (χ4n) is 1.79. The number of rotatable bonds is 6. The van der Waals surface area contributed by atoms with Gasteiger partial charge in [-0.15, -0.1) is 0 Å². The normalized spacial score (nSPS) is 19.6. The summed E-state index contributed by atoms with van der Waals surface area (Å²) in [6.45, 7) is 0.311. The van der Waals surface area contributed by atoms with E-state index in [1.807, 2.05) is 0 Å². The van der Waals surface area contributed by atoms with Crippen LogP contribution in [0, 0.1) is 0 Å². The number of carboxylic acids is 1. The standard InChI is InChI=1S/C11H18N4O5/c12-8(16)3-2-7(10(18)19)15-11(20)14-6-1-4-9(17)13-5-6/h6-7H,1-5H2,(H2,12,16)(H,13,17)(H,18,19)(H2,14,15,20). The van der Waals surface area contributed by atoms with E-state index in [0.29, 0.717) is 19.4 Å². The first-order valence-electron chi connectivity index (χ1n) is 6.23. The Hall–Kier alpha value is -2.32. The summed E-state index contributed by atoms with van der Waals surface area (Å²) >= 11 is 0. The molecule has 1 fully saturated rings. The van der Waals surface area contributed by atoms with Gasteiger partial charge in [-0.2, -0.15) is 0 Å². The van der Waals surface area contributed by atoms with E-state index >= 15 is 0 Å². The van der Waals surface area contributed by atoms with Gasteiger partial charge < -0.3 is 26.8 Å². The molecule has 0 aromatic carbocycles. The zero-order valence-corrected chi connectivity index (χ0v) is 10.8. The van der Waals surface area contributed by atoms with Crippen molar-refractivity contribution in [2.24, 2.45) is 5.73 Å². The summed E-state index contributed by atoms with van der Waals surface area (Å²) in [6, 6.07) is -2.07.